The number of nitrogens with one attached hydrogen (secondary N) is 1. The predicted molar refractivity (Wildman–Crippen MR) is 135 cm³/mol. The van der Waals surface area contributed by atoms with Crippen molar-refractivity contribution in [3.05, 3.63) is 45.8 Å². The minimum Gasteiger partial charge on any atom is -0.493 e. The van der Waals surface area contributed by atoms with Gasteiger partial charge in [-0.2, -0.15) is 0 Å². The summed E-state index contributed by atoms with van der Waals surface area (Å²) in [5.41, 5.74) is 1.47. The summed E-state index contributed by atoms with van der Waals surface area (Å²) in [7, 11) is 1.57. The van der Waals surface area contributed by atoms with Crippen LogP contribution in [-0.4, -0.2) is 38.0 Å². The van der Waals surface area contributed by atoms with E-state index in [2.05, 4.69) is 12.2 Å². The maximum Gasteiger partial charge on any atom is 0.341 e. The van der Waals surface area contributed by atoms with Gasteiger partial charge < -0.3 is 19.5 Å². The fourth-order valence-corrected chi connectivity index (χ4v) is 4.42. The lowest BCUT2D eigenvalue weighted by atomic mass is 10.1. The molecule has 0 fully saturated rings. The first-order valence-corrected chi connectivity index (χ1v) is 12.2. The van der Waals surface area contributed by atoms with E-state index in [0.29, 0.717) is 33.5 Å². The Morgan fingerprint density at radius 2 is 1.85 bits per heavy atom. The predicted octanol–water partition coefficient (Wildman–Crippen LogP) is 6.06. The molecule has 7 nitrogen and oxygen atoms in total. The Bertz CT molecular complexity index is 1040. The van der Waals surface area contributed by atoms with Crippen LogP contribution in [0.15, 0.2) is 24.3 Å². The van der Waals surface area contributed by atoms with Crippen molar-refractivity contribution in [3.63, 3.8) is 0 Å². The highest BCUT2D eigenvalue weighted by Gasteiger charge is 2.24. The number of rotatable bonds is 13. The lowest BCUT2D eigenvalue weighted by molar-refractivity contribution is -0.111. The highest BCUT2D eigenvalue weighted by atomic mass is 32.1. The smallest absolute Gasteiger partial charge is 0.341 e. The molecule has 2 rings (SSSR count). The third-order valence-corrected chi connectivity index (χ3v) is 6.36. The van der Waals surface area contributed by atoms with Crippen LogP contribution in [-0.2, 0) is 9.53 Å². The molecule has 0 spiro atoms. The molecule has 0 atom stereocenters. The summed E-state index contributed by atoms with van der Waals surface area (Å²) in [6.45, 7) is 7.77. The molecule has 1 N–H and O–H groups in total. The maximum absolute atomic E-state index is 12.6. The number of carbonyl (C=O) groups is 3. The zero-order chi connectivity index (χ0) is 25.1. The Kier molecular flexibility index (Phi) is 10.8. The van der Waals surface area contributed by atoms with Crippen LogP contribution < -0.4 is 14.8 Å². The minimum atomic E-state index is -0.571. The average Bonchev–Trinajstić information content (AvgIpc) is 3.14. The number of hydrogen-bond donors (Lipinski definition) is 1. The van der Waals surface area contributed by atoms with Gasteiger partial charge in [0.1, 0.15) is 5.00 Å². The van der Waals surface area contributed by atoms with E-state index in [-0.39, 0.29) is 18.0 Å². The van der Waals surface area contributed by atoms with Gasteiger partial charge in [0.05, 0.1) is 30.8 Å². The molecule has 0 saturated heterocycles. The summed E-state index contributed by atoms with van der Waals surface area (Å²) in [4.78, 5) is 37.3. The number of ether oxygens (including phenoxy) is 3. The van der Waals surface area contributed by atoms with Crippen LogP contribution in [0.4, 0.5) is 5.00 Å². The van der Waals surface area contributed by atoms with Crippen molar-refractivity contribution >= 4 is 40.1 Å². The summed E-state index contributed by atoms with van der Waals surface area (Å²) in [6, 6.07) is 5.44. The van der Waals surface area contributed by atoms with E-state index in [0.717, 1.165) is 29.7 Å². The van der Waals surface area contributed by atoms with Gasteiger partial charge in [0.2, 0.25) is 5.91 Å². The van der Waals surface area contributed by atoms with Crippen molar-refractivity contribution in [2.45, 2.75) is 53.4 Å². The summed E-state index contributed by atoms with van der Waals surface area (Å²) >= 11 is 1.07. The molecular weight excluding hydrogens is 454 g/mol. The van der Waals surface area contributed by atoms with Gasteiger partial charge in [-0.1, -0.05) is 32.3 Å². The summed E-state index contributed by atoms with van der Waals surface area (Å²) in [5.74, 6) is 0.0622. The first-order chi connectivity index (χ1) is 16.3. The van der Waals surface area contributed by atoms with Gasteiger partial charge in [-0.15, -0.1) is 11.3 Å². The molecule has 2 aromatic rings. The number of carbonyl (C=O) groups excluding carboxylic acids is 3. The van der Waals surface area contributed by atoms with Crippen LogP contribution >= 0.6 is 11.3 Å². The Labute approximate surface area is 205 Å². The van der Waals surface area contributed by atoms with Crippen LogP contribution in [0.25, 0.3) is 6.08 Å². The van der Waals surface area contributed by atoms with Crippen molar-refractivity contribution in [2.75, 3.05) is 25.6 Å². The number of unbranched alkanes of at least 4 members (excludes halogenated alkanes) is 3. The van der Waals surface area contributed by atoms with E-state index in [9.17, 15) is 14.4 Å². The fourth-order valence-electron chi connectivity index (χ4n) is 3.33. The molecule has 0 aliphatic heterocycles. The summed E-state index contributed by atoms with van der Waals surface area (Å²) in [5, 5.41) is 3.00. The Balaban J connectivity index is 2.12. The third kappa shape index (κ3) is 7.45. The number of amides is 1. The van der Waals surface area contributed by atoms with E-state index in [1.165, 1.54) is 25.8 Å². The van der Waals surface area contributed by atoms with E-state index >= 15 is 0 Å². The van der Waals surface area contributed by atoms with Crippen LogP contribution in [0.2, 0.25) is 0 Å². The van der Waals surface area contributed by atoms with E-state index in [1.807, 2.05) is 12.1 Å². The standard InChI is InChI=1S/C26H33NO6S/c1-6-8-9-10-15-33-20-13-11-19(16-21(20)31-5)12-14-22(29)27-25-23(26(30)32-7-2)17(3)24(34-25)18(4)28/h11-14,16H,6-10,15H2,1-5H3,(H,27,29)/b14-12+. The highest BCUT2D eigenvalue weighted by Crippen LogP contribution is 2.34. The fraction of sp³-hybridized carbons (Fsp3) is 0.423. The second-order valence-electron chi connectivity index (χ2n) is 7.68. The quantitative estimate of drug-likeness (QED) is 0.160. The Morgan fingerprint density at radius 3 is 2.50 bits per heavy atom. The first kappa shape index (κ1) is 27.1. The number of methoxy groups -OCH3 is 1. The molecule has 0 bridgehead atoms. The van der Waals surface area contributed by atoms with Crippen LogP contribution in [0.1, 0.15) is 77.6 Å². The van der Waals surface area contributed by atoms with E-state index < -0.39 is 11.9 Å². The number of anilines is 1. The van der Waals surface area contributed by atoms with Crippen molar-refractivity contribution in [1.29, 1.82) is 0 Å². The van der Waals surface area contributed by atoms with E-state index in [4.69, 9.17) is 14.2 Å². The van der Waals surface area contributed by atoms with Gasteiger partial charge in [0.25, 0.3) is 0 Å². The summed E-state index contributed by atoms with van der Waals surface area (Å²) in [6.07, 6.45) is 7.47. The van der Waals surface area contributed by atoms with Crippen LogP contribution in [0.5, 0.6) is 11.5 Å². The minimum absolute atomic E-state index is 0.177. The van der Waals surface area contributed by atoms with Gasteiger partial charge >= 0.3 is 5.97 Å². The number of hydrogen-bond acceptors (Lipinski definition) is 7. The molecule has 0 aliphatic carbocycles. The molecule has 8 heteroatoms. The number of ketones is 1. The van der Waals surface area contributed by atoms with Crippen molar-refractivity contribution < 1.29 is 28.6 Å². The first-order valence-electron chi connectivity index (χ1n) is 11.4. The monoisotopic (exact) mass is 487 g/mol. The topological polar surface area (TPSA) is 90.9 Å². The van der Waals surface area contributed by atoms with Crippen molar-refractivity contribution in [2.24, 2.45) is 0 Å². The normalized spacial score (nSPS) is 10.9. The molecule has 0 aliphatic rings. The molecule has 34 heavy (non-hydrogen) atoms. The lowest BCUT2D eigenvalue weighted by Gasteiger charge is -2.11. The highest BCUT2D eigenvalue weighted by molar-refractivity contribution is 7.18. The van der Waals surface area contributed by atoms with Crippen LogP contribution in [0.3, 0.4) is 0 Å². The Morgan fingerprint density at radius 1 is 1.09 bits per heavy atom. The molecule has 0 saturated carbocycles. The number of benzene rings is 1. The number of thiophene rings is 1. The number of esters is 1. The molecule has 1 heterocycles. The van der Waals surface area contributed by atoms with Crippen molar-refractivity contribution in [3.8, 4) is 11.5 Å². The second-order valence-corrected chi connectivity index (χ2v) is 8.70. The van der Waals surface area contributed by atoms with Gasteiger partial charge in [0.15, 0.2) is 17.3 Å². The molecule has 1 amide bonds. The van der Waals surface area contributed by atoms with Gasteiger partial charge in [-0.3, -0.25) is 9.59 Å². The third-order valence-electron chi connectivity index (χ3n) is 5.05. The molecule has 0 unspecified atom stereocenters. The SMILES string of the molecule is CCCCCCOc1ccc(/C=C/C(=O)Nc2sc(C(C)=O)c(C)c2C(=O)OCC)cc1OC. The maximum atomic E-state index is 12.6. The van der Waals surface area contributed by atoms with Gasteiger partial charge in [-0.05, 0) is 56.5 Å². The zero-order valence-corrected chi connectivity index (χ0v) is 21.3. The lowest BCUT2D eigenvalue weighted by Crippen LogP contribution is -2.12. The van der Waals surface area contributed by atoms with E-state index in [1.54, 1.807) is 33.1 Å². The largest absolute Gasteiger partial charge is 0.493 e. The molecule has 1 aromatic heterocycles. The molecule has 184 valence electrons. The van der Waals surface area contributed by atoms with Gasteiger partial charge in [-0.25, -0.2) is 4.79 Å². The second kappa shape index (κ2) is 13.5. The summed E-state index contributed by atoms with van der Waals surface area (Å²) < 4.78 is 16.4. The molecule has 0 radical (unpaired) electrons. The molecule has 1 aromatic carbocycles. The van der Waals surface area contributed by atoms with Gasteiger partial charge in [0, 0.05) is 6.08 Å². The van der Waals surface area contributed by atoms with Crippen LogP contribution in [0, 0.1) is 6.92 Å². The number of Topliss-reactive ketones (excluding diaryl/α,β-unsaturated/α-hetero) is 1. The average molecular weight is 488 g/mol. The molecular formula is C26H33NO6S. The Hall–Kier alpha value is -3.13. The zero-order valence-electron chi connectivity index (χ0n) is 20.5. The van der Waals surface area contributed by atoms with Crippen molar-refractivity contribution in [1.82, 2.24) is 0 Å².